The number of hydrogen-bond donors (Lipinski definition) is 0. The van der Waals surface area contributed by atoms with Crippen molar-refractivity contribution in [1.82, 2.24) is 19.8 Å². The predicted octanol–water partition coefficient (Wildman–Crippen LogP) is 5.48. The second-order valence-corrected chi connectivity index (χ2v) is 11.0. The summed E-state index contributed by atoms with van der Waals surface area (Å²) < 4.78 is 0. The first-order valence-electron chi connectivity index (χ1n) is 13.6. The van der Waals surface area contributed by atoms with Crippen molar-refractivity contribution >= 4 is 34.9 Å². The van der Waals surface area contributed by atoms with E-state index in [1.807, 2.05) is 85.3 Å². The fraction of sp³-hybridized carbons (Fsp3) is 0.355. The van der Waals surface area contributed by atoms with Crippen LogP contribution in [-0.4, -0.2) is 71.5 Å². The first-order chi connectivity index (χ1) is 19.2. The zero-order valence-corrected chi connectivity index (χ0v) is 24.2. The molecule has 0 N–H and O–H groups in total. The van der Waals surface area contributed by atoms with Crippen LogP contribution in [0.4, 0.5) is 16.2 Å². The zero-order chi connectivity index (χ0) is 28.4. The number of fused-ring (bicyclic) bond motifs is 1. The van der Waals surface area contributed by atoms with Crippen LogP contribution >= 0.6 is 11.6 Å². The van der Waals surface area contributed by atoms with Crippen molar-refractivity contribution in [3.8, 4) is 0 Å². The van der Waals surface area contributed by atoms with E-state index in [1.165, 1.54) is 11.9 Å². The summed E-state index contributed by atoms with van der Waals surface area (Å²) in [5.41, 5.74) is 5.89. The van der Waals surface area contributed by atoms with E-state index in [4.69, 9.17) is 11.6 Å². The van der Waals surface area contributed by atoms with Crippen molar-refractivity contribution in [3.63, 3.8) is 0 Å². The van der Waals surface area contributed by atoms with Crippen molar-refractivity contribution in [2.24, 2.45) is 5.92 Å². The van der Waals surface area contributed by atoms with Crippen LogP contribution in [-0.2, 0) is 0 Å². The van der Waals surface area contributed by atoms with Crippen molar-refractivity contribution in [3.05, 3.63) is 94.2 Å². The summed E-state index contributed by atoms with van der Waals surface area (Å²) >= 11 is 6.44. The SMILES string of the molecule is Cc1ccc(N(CCCN2CC3=CN(C(=O)c4c(C)ncnc4C)CC3C2)C(=O)N(C)c2ccccc2)cc1Cl. The molecule has 3 aromatic rings. The minimum absolute atomic E-state index is 0.0301. The molecule has 0 radical (unpaired) electrons. The smallest absolute Gasteiger partial charge is 0.314 e. The molecular weight excluding hydrogens is 524 g/mol. The number of likely N-dealkylation sites (tertiary alicyclic amines) is 1. The summed E-state index contributed by atoms with van der Waals surface area (Å²) in [5, 5.41) is 0.642. The van der Waals surface area contributed by atoms with E-state index in [0.717, 1.165) is 43.0 Å². The molecular formula is C31H35ClN6O2. The van der Waals surface area contributed by atoms with Gasteiger partial charge in [-0.1, -0.05) is 35.9 Å². The van der Waals surface area contributed by atoms with E-state index in [2.05, 4.69) is 14.9 Å². The van der Waals surface area contributed by atoms with Gasteiger partial charge >= 0.3 is 6.03 Å². The highest BCUT2D eigenvalue weighted by Crippen LogP contribution is 2.31. The lowest BCUT2D eigenvalue weighted by molar-refractivity contribution is 0.0818. The van der Waals surface area contributed by atoms with Crippen molar-refractivity contribution < 1.29 is 9.59 Å². The Labute approximate surface area is 240 Å². The lowest BCUT2D eigenvalue weighted by Gasteiger charge is -2.29. The number of para-hydroxylation sites is 1. The van der Waals surface area contributed by atoms with Crippen LogP contribution in [0.3, 0.4) is 0 Å². The predicted molar refractivity (Wildman–Crippen MR) is 159 cm³/mol. The molecule has 0 saturated carbocycles. The van der Waals surface area contributed by atoms with Gasteiger partial charge in [0, 0.05) is 68.3 Å². The normalized spacial score (nSPS) is 16.6. The van der Waals surface area contributed by atoms with E-state index < -0.39 is 0 Å². The lowest BCUT2D eigenvalue weighted by atomic mass is 10.1. The number of benzene rings is 2. The summed E-state index contributed by atoms with van der Waals surface area (Å²) in [5.74, 6) is 0.296. The van der Waals surface area contributed by atoms with Crippen molar-refractivity contribution in [2.45, 2.75) is 27.2 Å². The molecule has 2 aromatic carbocycles. The molecule has 5 rings (SSSR count). The molecule has 1 atom stereocenters. The van der Waals surface area contributed by atoms with Gasteiger partial charge in [-0.15, -0.1) is 0 Å². The van der Waals surface area contributed by atoms with Gasteiger partial charge in [0.1, 0.15) is 6.33 Å². The number of urea groups is 1. The molecule has 0 aliphatic carbocycles. The number of anilines is 2. The molecule has 3 heterocycles. The van der Waals surface area contributed by atoms with Gasteiger partial charge in [-0.05, 0) is 62.6 Å². The summed E-state index contributed by atoms with van der Waals surface area (Å²) in [6, 6.07) is 15.3. The number of carbonyl (C=O) groups is 2. The van der Waals surface area contributed by atoms with Crippen molar-refractivity contribution in [1.29, 1.82) is 0 Å². The maximum absolute atomic E-state index is 13.6. The van der Waals surface area contributed by atoms with Crippen LogP contribution < -0.4 is 9.80 Å². The molecule has 1 unspecified atom stereocenters. The second kappa shape index (κ2) is 11.8. The maximum Gasteiger partial charge on any atom is 0.328 e. The summed E-state index contributed by atoms with van der Waals surface area (Å²) in [6.07, 6.45) is 4.32. The third-order valence-corrected chi connectivity index (χ3v) is 8.24. The Kier molecular flexibility index (Phi) is 8.19. The molecule has 8 nitrogen and oxygen atoms in total. The Hall–Kier alpha value is -3.75. The highest BCUT2D eigenvalue weighted by Gasteiger charge is 2.36. The van der Waals surface area contributed by atoms with Crippen LogP contribution in [0.25, 0.3) is 0 Å². The fourth-order valence-electron chi connectivity index (χ4n) is 5.53. The number of nitrogens with zero attached hydrogens (tertiary/aromatic N) is 6. The topological polar surface area (TPSA) is 72.9 Å². The molecule has 3 amide bonds. The number of carbonyl (C=O) groups excluding carboxylic acids is 2. The average molecular weight is 559 g/mol. The van der Waals surface area contributed by atoms with Crippen LogP contribution in [0.5, 0.6) is 0 Å². The molecule has 1 saturated heterocycles. The standard InChI is InChI=1S/C31H35ClN6O2/c1-21-11-12-27(15-28(21)32)38(31(40)35(4)26-9-6-5-7-10-26)14-8-13-36-16-24-18-37(19-25(24)17-36)30(39)29-22(2)33-20-34-23(29)3/h5-7,9-12,15,18,20,25H,8,13-14,16-17,19H2,1-4H3. The molecule has 2 aliphatic heterocycles. The molecule has 1 fully saturated rings. The molecule has 9 heteroatoms. The molecule has 0 bridgehead atoms. The Balaban J connectivity index is 1.23. The van der Waals surface area contributed by atoms with Gasteiger partial charge in [0.25, 0.3) is 5.91 Å². The number of rotatable bonds is 7. The number of halogens is 1. The fourth-order valence-corrected chi connectivity index (χ4v) is 5.71. The van der Waals surface area contributed by atoms with E-state index in [0.29, 0.717) is 41.0 Å². The summed E-state index contributed by atoms with van der Waals surface area (Å²) in [6.45, 7) is 9.47. The Bertz CT molecular complexity index is 1420. The summed E-state index contributed by atoms with van der Waals surface area (Å²) in [7, 11) is 1.80. The van der Waals surface area contributed by atoms with Crippen LogP contribution in [0.2, 0.25) is 5.02 Å². The van der Waals surface area contributed by atoms with Crippen LogP contribution in [0.15, 0.2) is 66.6 Å². The van der Waals surface area contributed by atoms with Gasteiger partial charge in [0.05, 0.1) is 17.0 Å². The van der Waals surface area contributed by atoms with Crippen LogP contribution in [0.1, 0.15) is 33.7 Å². The Morgan fingerprint density at radius 1 is 1.00 bits per heavy atom. The third-order valence-electron chi connectivity index (χ3n) is 7.83. The number of hydrogen-bond acceptors (Lipinski definition) is 5. The first kappa shape index (κ1) is 27.8. The number of aryl methyl sites for hydroxylation is 3. The van der Waals surface area contributed by atoms with Gasteiger partial charge in [0.15, 0.2) is 0 Å². The largest absolute Gasteiger partial charge is 0.328 e. The van der Waals surface area contributed by atoms with Gasteiger partial charge in [-0.25, -0.2) is 14.8 Å². The van der Waals surface area contributed by atoms with Gasteiger partial charge in [-0.2, -0.15) is 0 Å². The number of aromatic nitrogens is 2. The van der Waals surface area contributed by atoms with E-state index in [1.54, 1.807) is 11.9 Å². The van der Waals surface area contributed by atoms with Crippen molar-refractivity contribution in [2.75, 3.05) is 49.6 Å². The van der Waals surface area contributed by atoms with E-state index in [9.17, 15) is 9.59 Å². The third kappa shape index (κ3) is 5.74. The molecule has 1 aromatic heterocycles. The minimum atomic E-state index is -0.100. The Morgan fingerprint density at radius 2 is 1.73 bits per heavy atom. The second-order valence-electron chi connectivity index (χ2n) is 10.6. The maximum atomic E-state index is 13.6. The molecule has 2 aliphatic rings. The highest BCUT2D eigenvalue weighted by atomic mass is 35.5. The monoisotopic (exact) mass is 558 g/mol. The van der Waals surface area contributed by atoms with Gasteiger partial charge in [-0.3, -0.25) is 19.5 Å². The Morgan fingerprint density at radius 3 is 2.40 bits per heavy atom. The minimum Gasteiger partial charge on any atom is -0.314 e. The van der Waals surface area contributed by atoms with E-state index >= 15 is 0 Å². The quantitative estimate of drug-likeness (QED) is 0.384. The van der Waals surface area contributed by atoms with Crippen LogP contribution in [0, 0.1) is 26.7 Å². The molecule has 40 heavy (non-hydrogen) atoms. The van der Waals surface area contributed by atoms with Gasteiger partial charge in [0.2, 0.25) is 0 Å². The highest BCUT2D eigenvalue weighted by molar-refractivity contribution is 6.31. The molecule has 208 valence electrons. The average Bonchev–Trinajstić information content (AvgIpc) is 3.51. The lowest BCUT2D eigenvalue weighted by Crippen LogP contribution is -2.43. The number of amides is 3. The van der Waals surface area contributed by atoms with Gasteiger partial charge < -0.3 is 4.90 Å². The summed E-state index contributed by atoms with van der Waals surface area (Å²) in [4.78, 5) is 42.9. The zero-order valence-electron chi connectivity index (χ0n) is 23.5. The molecule has 0 spiro atoms. The van der Waals surface area contributed by atoms with E-state index in [-0.39, 0.29) is 11.9 Å². The first-order valence-corrected chi connectivity index (χ1v) is 14.0.